The van der Waals surface area contributed by atoms with Crippen LogP contribution in [-0.4, -0.2) is 23.2 Å². The van der Waals surface area contributed by atoms with Crippen molar-refractivity contribution in [3.05, 3.63) is 11.3 Å². The van der Waals surface area contributed by atoms with Crippen LogP contribution in [0.25, 0.3) is 0 Å². The van der Waals surface area contributed by atoms with E-state index in [1.54, 1.807) is 6.92 Å². The van der Waals surface area contributed by atoms with E-state index in [0.717, 1.165) is 0 Å². The molecule has 0 amide bonds. The Morgan fingerprint density at radius 1 is 1.50 bits per heavy atom. The summed E-state index contributed by atoms with van der Waals surface area (Å²) < 4.78 is 0. The Hall–Kier alpha value is -1.32. The second-order valence-corrected chi connectivity index (χ2v) is 4.86. The second kappa shape index (κ2) is 4.68. The van der Waals surface area contributed by atoms with Gasteiger partial charge in [0.05, 0.1) is 11.3 Å². The molecule has 4 heteroatoms. The summed E-state index contributed by atoms with van der Waals surface area (Å²) >= 11 is 0. The molecule has 1 aliphatic carbocycles. The molecule has 1 rings (SSSR count). The van der Waals surface area contributed by atoms with Crippen molar-refractivity contribution in [3.8, 4) is 0 Å². The van der Waals surface area contributed by atoms with Crippen LogP contribution < -0.4 is 0 Å². The Balaban J connectivity index is 2.99. The molecule has 0 fully saturated rings. The fourth-order valence-electron chi connectivity index (χ4n) is 1.91. The number of hydrogen-bond acceptors (Lipinski definition) is 4. The summed E-state index contributed by atoms with van der Waals surface area (Å²) in [5.74, 6) is 0.0666. The number of allylic oxidation sites excluding steroid dienone is 2. The van der Waals surface area contributed by atoms with Gasteiger partial charge in [-0.25, -0.2) is 0 Å². The number of ketones is 1. The Bertz CT molecular complexity index is 353. The van der Waals surface area contributed by atoms with Crippen molar-refractivity contribution >= 4 is 11.5 Å². The standard InChI is InChI=1S/C12H19NO3/c1-5-16-13-8(2)11-9(14)6-12(3,4)7-10(11)15/h14H,5-7H2,1-4H3. The van der Waals surface area contributed by atoms with Crippen LogP contribution in [0.3, 0.4) is 0 Å². The maximum atomic E-state index is 11.9. The second-order valence-electron chi connectivity index (χ2n) is 4.86. The van der Waals surface area contributed by atoms with E-state index in [1.807, 2.05) is 20.8 Å². The highest BCUT2D eigenvalue weighted by atomic mass is 16.6. The molecule has 0 spiro atoms. The van der Waals surface area contributed by atoms with Crippen molar-refractivity contribution in [3.63, 3.8) is 0 Å². The molecule has 0 radical (unpaired) electrons. The number of Topliss-reactive ketones (excluding diaryl/α,β-unsaturated/α-hetero) is 1. The van der Waals surface area contributed by atoms with Crippen LogP contribution in [0.15, 0.2) is 16.5 Å². The van der Waals surface area contributed by atoms with Gasteiger partial charge in [0.1, 0.15) is 12.4 Å². The molecule has 4 nitrogen and oxygen atoms in total. The van der Waals surface area contributed by atoms with E-state index in [0.29, 0.717) is 30.7 Å². The first kappa shape index (κ1) is 12.7. The Morgan fingerprint density at radius 3 is 2.62 bits per heavy atom. The summed E-state index contributed by atoms with van der Waals surface area (Å²) in [5.41, 5.74) is 0.615. The van der Waals surface area contributed by atoms with Gasteiger partial charge in [0.15, 0.2) is 5.78 Å². The van der Waals surface area contributed by atoms with Crippen LogP contribution in [-0.2, 0) is 9.63 Å². The molecule has 1 aliphatic rings. The van der Waals surface area contributed by atoms with Crippen molar-refractivity contribution in [2.24, 2.45) is 10.6 Å². The molecule has 0 aromatic carbocycles. The first-order valence-electron chi connectivity index (χ1n) is 5.49. The lowest BCUT2D eigenvalue weighted by molar-refractivity contribution is -0.118. The lowest BCUT2D eigenvalue weighted by Gasteiger charge is -2.29. The maximum absolute atomic E-state index is 11.9. The predicted octanol–water partition coefficient (Wildman–Crippen LogP) is 2.60. The largest absolute Gasteiger partial charge is 0.511 e. The number of hydrogen-bond donors (Lipinski definition) is 1. The Kier molecular flexibility index (Phi) is 3.73. The van der Waals surface area contributed by atoms with Gasteiger partial charge in [-0.15, -0.1) is 0 Å². The van der Waals surface area contributed by atoms with E-state index in [9.17, 15) is 9.90 Å². The molecule has 0 aliphatic heterocycles. The number of oxime groups is 1. The Morgan fingerprint density at radius 2 is 2.12 bits per heavy atom. The lowest BCUT2D eigenvalue weighted by atomic mass is 9.76. The number of rotatable bonds is 3. The van der Waals surface area contributed by atoms with Gasteiger partial charge in [-0.1, -0.05) is 19.0 Å². The predicted molar refractivity (Wildman–Crippen MR) is 62.4 cm³/mol. The molecular formula is C12H19NO3. The van der Waals surface area contributed by atoms with Gasteiger partial charge in [-0.3, -0.25) is 4.79 Å². The van der Waals surface area contributed by atoms with E-state index >= 15 is 0 Å². The summed E-state index contributed by atoms with van der Waals surface area (Å²) in [7, 11) is 0. The highest BCUT2D eigenvalue weighted by Crippen LogP contribution is 2.36. The lowest BCUT2D eigenvalue weighted by Crippen LogP contribution is -2.28. The molecule has 0 aromatic rings. The molecule has 0 aromatic heterocycles. The summed E-state index contributed by atoms with van der Waals surface area (Å²) in [6.07, 6.45) is 0.943. The van der Waals surface area contributed by atoms with Gasteiger partial charge < -0.3 is 9.94 Å². The number of aliphatic hydroxyl groups is 1. The number of aliphatic hydroxyl groups excluding tert-OH is 1. The van der Waals surface area contributed by atoms with Crippen LogP contribution in [0.1, 0.15) is 40.5 Å². The molecule has 0 saturated heterocycles. The van der Waals surface area contributed by atoms with Gasteiger partial charge in [-0.2, -0.15) is 0 Å². The highest BCUT2D eigenvalue weighted by molar-refractivity contribution is 6.22. The molecule has 16 heavy (non-hydrogen) atoms. The third-order valence-electron chi connectivity index (χ3n) is 2.54. The first-order chi connectivity index (χ1) is 7.37. The molecule has 0 atom stereocenters. The SMILES string of the molecule is CCON=C(C)C1=C(O)CC(C)(C)CC1=O. The Labute approximate surface area is 96.0 Å². The number of carbonyl (C=O) groups excluding carboxylic acids is 1. The molecule has 1 N–H and O–H groups in total. The quantitative estimate of drug-likeness (QED) is 0.593. The fraction of sp³-hybridized carbons (Fsp3) is 0.667. The van der Waals surface area contributed by atoms with Gasteiger partial charge >= 0.3 is 0 Å². The number of carbonyl (C=O) groups is 1. The van der Waals surface area contributed by atoms with Crippen molar-refractivity contribution in [1.29, 1.82) is 0 Å². The van der Waals surface area contributed by atoms with E-state index in [4.69, 9.17) is 4.84 Å². The van der Waals surface area contributed by atoms with E-state index in [-0.39, 0.29) is 17.0 Å². The average molecular weight is 225 g/mol. The molecule has 0 unspecified atom stereocenters. The summed E-state index contributed by atoms with van der Waals surface area (Å²) in [4.78, 5) is 16.8. The highest BCUT2D eigenvalue weighted by Gasteiger charge is 2.34. The third kappa shape index (κ3) is 2.84. The minimum atomic E-state index is -0.170. The summed E-state index contributed by atoms with van der Waals surface area (Å²) in [6, 6.07) is 0. The molecule has 0 heterocycles. The molecule has 0 bridgehead atoms. The average Bonchev–Trinajstić information content (AvgIpc) is 2.11. The summed E-state index contributed by atoms with van der Waals surface area (Å²) in [6.45, 7) is 7.87. The van der Waals surface area contributed by atoms with Gasteiger partial charge in [0.25, 0.3) is 0 Å². The van der Waals surface area contributed by atoms with Crippen LogP contribution in [0.4, 0.5) is 0 Å². The maximum Gasteiger partial charge on any atom is 0.168 e. The van der Waals surface area contributed by atoms with Crippen molar-refractivity contribution in [2.45, 2.75) is 40.5 Å². The number of nitrogens with zero attached hydrogens (tertiary/aromatic N) is 1. The van der Waals surface area contributed by atoms with Crippen LogP contribution >= 0.6 is 0 Å². The third-order valence-corrected chi connectivity index (χ3v) is 2.54. The van der Waals surface area contributed by atoms with Gasteiger partial charge in [-0.05, 0) is 19.3 Å². The van der Waals surface area contributed by atoms with Crippen molar-refractivity contribution in [1.82, 2.24) is 0 Å². The van der Waals surface area contributed by atoms with Gasteiger partial charge in [0.2, 0.25) is 0 Å². The van der Waals surface area contributed by atoms with Crippen molar-refractivity contribution < 1.29 is 14.7 Å². The topological polar surface area (TPSA) is 58.9 Å². The minimum absolute atomic E-state index is 0.0605. The fourth-order valence-corrected chi connectivity index (χ4v) is 1.91. The van der Waals surface area contributed by atoms with Crippen LogP contribution in [0.2, 0.25) is 0 Å². The zero-order chi connectivity index (χ0) is 12.3. The van der Waals surface area contributed by atoms with Crippen LogP contribution in [0.5, 0.6) is 0 Å². The normalized spacial score (nSPS) is 21.2. The zero-order valence-electron chi connectivity index (χ0n) is 10.3. The van der Waals surface area contributed by atoms with E-state index < -0.39 is 0 Å². The zero-order valence-corrected chi connectivity index (χ0v) is 10.3. The molecular weight excluding hydrogens is 206 g/mol. The minimum Gasteiger partial charge on any atom is -0.511 e. The summed E-state index contributed by atoms with van der Waals surface area (Å²) in [5, 5.41) is 13.7. The smallest absolute Gasteiger partial charge is 0.168 e. The first-order valence-corrected chi connectivity index (χ1v) is 5.49. The van der Waals surface area contributed by atoms with E-state index in [1.165, 1.54) is 0 Å². The van der Waals surface area contributed by atoms with Gasteiger partial charge in [0, 0.05) is 12.8 Å². The van der Waals surface area contributed by atoms with Crippen LogP contribution in [0, 0.1) is 5.41 Å². The molecule has 0 saturated carbocycles. The monoisotopic (exact) mass is 225 g/mol. The van der Waals surface area contributed by atoms with Crippen molar-refractivity contribution in [2.75, 3.05) is 6.61 Å². The molecule has 90 valence electrons. The van der Waals surface area contributed by atoms with E-state index in [2.05, 4.69) is 5.16 Å².